The van der Waals surface area contributed by atoms with Gasteiger partial charge in [0, 0.05) is 13.2 Å². The first-order valence-corrected chi connectivity index (χ1v) is 6.21. The molecule has 2 rings (SSSR count). The van der Waals surface area contributed by atoms with Gasteiger partial charge in [-0.3, -0.25) is 16.0 Å². The molecular formula is C14H20N4. The highest BCUT2D eigenvalue weighted by Gasteiger charge is 2.13. The predicted molar refractivity (Wildman–Crippen MR) is 72.8 cm³/mol. The van der Waals surface area contributed by atoms with Crippen LogP contribution in [0.15, 0.2) is 36.5 Å². The molecule has 1 heterocycles. The van der Waals surface area contributed by atoms with Gasteiger partial charge in [0.15, 0.2) is 0 Å². The molecule has 18 heavy (non-hydrogen) atoms. The summed E-state index contributed by atoms with van der Waals surface area (Å²) in [5.74, 6) is 5.64. The summed E-state index contributed by atoms with van der Waals surface area (Å²) in [6.45, 7) is 2.14. The van der Waals surface area contributed by atoms with Gasteiger partial charge in [-0.05, 0) is 37.0 Å². The Morgan fingerprint density at radius 2 is 2.11 bits per heavy atom. The molecule has 0 aliphatic carbocycles. The molecule has 0 saturated heterocycles. The van der Waals surface area contributed by atoms with Gasteiger partial charge < -0.3 is 0 Å². The summed E-state index contributed by atoms with van der Waals surface area (Å²) in [5.41, 5.74) is 6.70. The lowest BCUT2D eigenvalue weighted by atomic mass is 10.00. The van der Waals surface area contributed by atoms with Crippen LogP contribution >= 0.6 is 0 Å². The van der Waals surface area contributed by atoms with Crippen LogP contribution in [0.25, 0.3) is 0 Å². The van der Waals surface area contributed by atoms with E-state index in [0.717, 1.165) is 18.5 Å². The lowest BCUT2D eigenvalue weighted by molar-refractivity contribution is 0.480. The molecule has 1 unspecified atom stereocenters. The van der Waals surface area contributed by atoms with Crippen LogP contribution in [0.4, 0.5) is 0 Å². The van der Waals surface area contributed by atoms with Crippen molar-refractivity contribution in [2.75, 3.05) is 0 Å². The van der Waals surface area contributed by atoms with Gasteiger partial charge in [-0.1, -0.05) is 24.3 Å². The first-order chi connectivity index (χ1) is 8.72. The fourth-order valence-corrected chi connectivity index (χ4v) is 2.23. The van der Waals surface area contributed by atoms with Crippen molar-refractivity contribution in [2.45, 2.75) is 25.8 Å². The zero-order valence-electron chi connectivity index (χ0n) is 10.9. The average molecular weight is 244 g/mol. The van der Waals surface area contributed by atoms with E-state index < -0.39 is 0 Å². The van der Waals surface area contributed by atoms with E-state index in [2.05, 4.69) is 41.7 Å². The molecule has 4 heteroatoms. The van der Waals surface area contributed by atoms with Crippen molar-refractivity contribution in [3.05, 3.63) is 53.3 Å². The largest absolute Gasteiger partial charge is 0.271 e. The van der Waals surface area contributed by atoms with Gasteiger partial charge >= 0.3 is 0 Å². The van der Waals surface area contributed by atoms with E-state index >= 15 is 0 Å². The summed E-state index contributed by atoms with van der Waals surface area (Å²) in [6.07, 6.45) is 3.76. The first-order valence-electron chi connectivity index (χ1n) is 6.21. The molecule has 2 aromatic rings. The molecule has 3 N–H and O–H groups in total. The molecule has 0 amide bonds. The number of hydrazine groups is 1. The molecule has 1 aromatic heterocycles. The van der Waals surface area contributed by atoms with Gasteiger partial charge in [-0.25, -0.2) is 0 Å². The van der Waals surface area contributed by atoms with Crippen molar-refractivity contribution in [1.82, 2.24) is 15.2 Å². The highest BCUT2D eigenvalue weighted by atomic mass is 15.3. The van der Waals surface area contributed by atoms with E-state index in [-0.39, 0.29) is 6.04 Å². The Kier molecular flexibility index (Phi) is 4.12. The van der Waals surface area contributed by atoms with Crippen molar-refractivity contribution in [2.24, 2.45) is 12.9 Å². The van der Waals surface area contributed by atoms with E-state index in [1.165, 1.54) is 11.1 Å². The molecule has 0 fully saturated rings. The molecule has 0 spiro atoms. The summed E-state index contributed by atoms with van der Waals surface area (Å²) in [7, 11) is 1.94. The molecule has 0 aliphatic heterocycles. The molecule has 4 nitrogen and oxygen atoms in total. The van der Waals surface area contributed by atoms with Gasteiger partial charge in [0.2, 0.25) is 0 Å². The second-order valence-corrected chi connectivity index (χ2v) is 4.56. The highest BCUT2D eigenvalue weighted by Crippen LogP contribution is 2.19. The van der Waals surface area contributed by atoms with E-state index in [4.69, 9.17) is 5.84 Å². The number of benzene rings is 1. The number of aromatic nitrogens is 2. The van der Waals surface area contributed by atoms with Crippen molar-refractivity contribution < 1.29 is 0 Å². The Hall–Kier alpha value is -1.65. The maximum atomic E-state index is 5.64. The fourth-order valence-electron chi connectivity index (χ4n) is 2.23. The number of nitrogens with zero attached hydrogens (tertiary/aromatic N) is 2. The number of nitrogens with one attached hydrogen (secondary N) is 1. The van der Waals surface area contributed by atoms with Crippen LogP contribution in [0.5, 0.6) is 0 Å². The predicted octanol–water partition coefficient (Wildman–Crippen LogP) is 1.87. The van der Waals surface area contributed by atoms with Crippen molar-refractivity contribution in [3.63, 3.8) is 0 Å². The third kappa shape index (κ3) is 2.78. The summed E-state index contributed by atoms with van der Waals surface area (Å²) in [5, 5.41) is 4.18. The van der Waals surface area contributed by atoms with Crippen LogP contribution in [-0.2, 0) is 13.5 Å². The summed E-state index contributed by atoms with van der Waals surface area (Å²) >= 11 is 0. The Morgan fingerprint density at radius 1 is 1.33 bits per heavy atom. The monoisotopic (exact) mass is 244 g/mol. The van der Waals surface area contributed by atoms with E-state index in [1.807, 2.05) is 17.8 Å². The molecule has 96 valence electrons. The molecule has 0 radical (unpaired) electrons. The zero-order valence-corrected chi connectivity index (χ0v) is 10.9. The van der Waals surface area contributed by atoms with Crippen LogP contribution in [0.3, 0.4) is 0 Å². The minimum absolute atomic E-state index is 0.136. The second kappa shape index (κ2) is 5.80. The molecule has 0 saturated carbocycles. The van der Waals surface area contributed by atoms with Crippen LogP contribution in [0, 0.1) is 6.92 Å². The van der Waals surface area contributed by atoms with Gasteiger partial charge in [0.1, 0.15) is 0 Å². The Morgan fingerprint density at radius 3 is 2.72 bits per heavy atom. The maximum Gasteiger partial charge on any atom is 0.0632 e. The lowest BCUT2D eigenvalue weighted by Crippen LogP contribution is -2.30. The van der Waals surface area contributed by atoms with Crippen molar-refractivity contribution in [1.29, 1.82) is 0 Å². The highest BCUT2D eigenvalue weighted by molar-refractivity contribution is 5.25. The van der Waals surface area contributed by atoms with Gasteiger partial charge in [0.25, 0.3) is 0 Å². The topological polar surface area (TPSA) is 55.9 Å². The molecular weight excluding hydrogens is 224 g/mol. The normalized spacial score (nSPS) is 12.6. The van der Waals surface area contributed by atoms with Gasteiger partial charge in [0.05, 0.1) is 11.7 Å². The average Bonchev–Trinajstić information content (AvgIpc) is 2.79. The Bertz CT molecular complexity index is 504. The van der Waals surface area contributed by atoms with E-state index in [9.17, 15) is 0 Å². The summed E-state index contributed by atoms with van der Waals surface area (Å²) in [4.78, 5) is 0. The Balaban J connectivity index is 2.05. The number of hydrogen-bond acceptors (Lipinski definition) is 3. The van der Waals surface area contributed by atoms with Crippen LogP contribution in [0.1, 0.15) is 29.3 Å². The molecule has 1 atom stereocenters. The van der Waals surface area contributed by atoms with Gasteiger partial charge in [-0.2, -0.15) is 5.10 Å². The summed E-state index contributed by atoms with van der Waals surface area (Å²) in [6, 6.07) is 10.6. The van der Waals surface area contributed by atoms with Crippen LogP contribution in [-0.4, -0.2) is 9.78 Å². The SMILES string of the molecule is Cc1ccccc1CCC(NN)c1ccnn1C. The number of hydrogen-bond donors (Lipinski definition) is 2. The van der Waals surface area contributed by atoms with E-state index in [0.29, 0.717) is 0 Å². The lowest BCUT2D eigenvalue weighted by Gasteiger charge is -2.16. The standard InChI is InChI=1S/C14H20N4/c1-11-5-3-4-6-12(11)7-8-13(17-15)14-9-10-16-18(14)2/h3-6,9-10,13,17H,7-8,15H2,1-2H3. The molecule has 0 bridgehead atoms. The molecule has 1 aromatic carbocycles. The smallest absolute Gasteiger partial charge is 0.0632 e. The second-order valence-electron chi connectivity index (χ2n) is 4.56. The third-order valence-electron chi connectivity index (χ3n) is 3.38. The van der Waals surface area contributed by atoms with Crippen molar-refractivity contribution in [3.8, 4) is 0 Å². The minimum Gasteiger partial charge on any atom is -0.271 e. The van der Waals surface area contributed by atoms with Crippen LogP contribution < -0.4 is 11.3 Å². The van der Waals surface area contributed by atoms with Gasteiger partial charge in [-0.15, -0.1) is 0 Å². The number of rotatable bonds is 5. The number of aryl methyl sites for hydroxylation is 3. The van der Waals surface area contributed by atoms with E-state index in [1.54, 1.807) is 6.20 Å². The number of nitrogens with two attached hydrogens (primary N) is 1. The maximum absolute atomic E-state index is 5.64. The van der Waals surface area contributed by atoms with Crippen LogP contribution in [0.2, 0.25) is 0 Å². The Labute approximate surface area is 108 Å². The third-order valence-corrected chi connectivity index (χ3v) is 3.38. The van der Waals surface area contributed by atoms with Crippen molar-refractivity contribution >= 4 is 0 Å². The zero-order chi connectivity index (χ0) is 13.0. The fraction of sp³-hybridized carbons (Fsp3) is 0.357. The molecule has 0 aliphatic rings. The quantitative estimate of drug-likeness (QED) is 0.623. The first kappa shape index (κ1) is 12.8. The summed E-state index contributed by atoms with van der Waals surface area (Å²) < 4.78 is 1.86. The minimum atomic E-state index is 0.136.